The van der Waals surface area contributed by atoms with Crippen molar-refractivity contribution in [3.05, 3.63) is 76.3 Å². The van der Waals surface area contributed by atoms with E-state index in [2.05, 4.69) is 21.2 Å². The Morgan fingerprint density at radius 3 is 2.56 bits per heavy atom. The molecule has 1 N–H and O–H groups in total. The second kappa shape index (κ2) is 10.3. The van der Waals surface area contributed by atoms with E-state index in [9.17, 15) is 4.79 Å². The van der Waals surface area contributed by atoms with E-state index in [-0.39, 0.29) is 11.8 Å². The Kier molecular flexibility index (Phi) is 7.27. The summed E-state index contributed by atoms with van der Waals surface area (Å²) in [5.41, 5.74) is 2.97. The van der Waals surface area contributed by atoms with Crippen molar-refractivity contribution in [2.45, 2.75) is 17.1 Å². The minimum Gasteiger partial charge on any atom is -0.497 e. The maximum Gasteiger partial charge on any atom is 0.231 e. The third kappa shape index (κ3) is 5.40. The number of carbonyl (C=O) groups is 1. The summed E-state index contributed by atoms with van der Waals surface area (Å²) in [6.07, 6.45) is 0.614. The summed E-state index contributed by atoms with van der Waals surface area (Å²) in [7, 11) is 3.29. The van der Waals surface area contributed by atoms with Gasteiger partial charge >= 0.3 is 0 Å². The summed E-state index contributed by atoms with van der Waals surface area (Å²) in [5, 5.41) is 3.11. The number of benzene rings is 3. The Balaban J connectivity index is 1.44. The molecule has 0 radical (unpaired) electrons. The van der Waals surface area contributed by atoms with Gasteiger partial charge in [-0.25, -0.2) is 0 Å². The Morgan fingerprint density at radius 2 is 1.81 bits per heavy atom. The molecular weight excluding hydrogens is 490 g/mol. The van der Waals surface area contributed by atoms with Crippen LogP contribution in [0.15, 0.2) is 70.0 Å². The maximum atomic E-state index is 13.1. The van der Waals surface area contributed by atoms with Gasteiger partial charge < -0.3 is 19.5 Å². The van der Waals surface area contributed by atoms with Crippen LogP contribution in [-0.2, 0) is 17.0 Å². The third-order valence-corrected chi connectivity index (χ3v) is 6.92. The number of carbonyl (C=O) groups excluding carboxylic acids is 1. The maximum absolute atomic E-state index is 13.1. The normalized spacial score (nSPS) is 14.8. The van der Waals surface area contributed by atoms with Crippen molar-refractivity contribution < 1.29 is 19.0 Å². The molecule has 0 aromatic heterocycles. The molecule has 5 nitrogen and oxygen atoms in total. The van der Waals surface area contributed by atoms with Gasteiger partial charge in [-0.2, -0.15) is 0 Å². The molecule has 0 saturated heterocycles. The quantitative estimate of drug-likeness (QED) is 0.395. The van der Waals surface area contributed by atoms with Crippen LogP contribution in [-0.4, -0.2) is 26.7 Å². The highest BCUT2D eigenvalue weighted by Crippen LogP contribution is 2.35. The average molecular weight is 514 g/mol. The molecule has 1 aliphatic heterocycles. The number of methoxy groups -OCH3 is 2. The Labute approximate surface area is 200 Å². The minimum atomic E-state index is -0.266. The molecule has 1 heterocycles. The zero-order valence-electron chi connectivity index (χ0n) is 17.9. The lowest BCUT2D eigenvalue weighted by Crippen LogP contribution is -2.32. The highest BCUT2D eigenvalue weighted by molar-refractivity contribution is 9.10. The van der Waals surface area contributed by atoms with Crippen LogP contribution in [0.4, 0.5) is 5.69 Å². The molecule has 0 saturated carbocycles. The Bertz CT molecular complexity index is 1100. The van der Waals surface area contributed by atoms with Crippen LogP contribution < -0.4 is 19.5 Å². The first-order valence-electron chi connectivity index (χ1n) is 10.2. The smallest absolute Gasteiger partial charge is 0.231 e. The van der Waals surface area contributed by atoms with Crippen LogP contribution in [0.25, 0.3) is 0 Å². The molecule has 1 amide bonds. The number of ether oxygens (including phenoxy) is 3. The van der Waals surface area contributed by atoms with E-state index < -0.39 is 0 Å². The van der Waals surface area contributed by atoms with Gasteiger partial charge in [0, 0.05) is 15.1 Å². The Hall–Kier alpha value is -2.64. The average Bonchev–Trinajstić information content (AvgIpc) is 2.83. The van der Waals surface area contributed by atoms with Gasteiger partial charge in [0.15, 0.2) is 0 Å². The van der Waals surface area contributed by atoms with E-state index in [0.29, 0.717) is 13.0 Å². The fourth-order valence-electron chi connectivity index (χ4n) is 3.50. The van der Waals surface area contributed by atoms with Crippen LogP contribution >= 0.6 is 27.7 Å². The van der Waals surface area contributed by atoms with Crippen molar-refractivity contribution in [1.29, 1.82) is 0 Å². The van der Waals surface area contributed by atoms with Gasteiger partial charge in [0.1, 0.15) is 23.9 Å². The molecule has 7 heteroatoms. The summed E-state index contributed by atoms with van der Waals surface area (Å²) in [5.74, 6) is 2.88. The predicted octanol–water partition coefficient (Wildman–Crippen LogP) is 5.95. The molecule has 0 bridgehead atoms. The molecule has 0 fully saturated rings. The number of rotatable bonds is 7. The first kappa shape index (κ1) is 22.6. The summed E-state index contributed by atoms with van der Waals surface area (Å²) < 4.78 is 17.3. The lowest BCUT2D eigenvalue weighted by atomic mass is 9.95. The lowest BCUT2D eigenvalue weighted by molar-refractivity contribution is -0.121. The standard InChI is InChI=1S/C25H24BrNO4S/c1-29-20-6-3-16(4-7-20)15-32-24-13-19(26)5-9-22(24)27-25(28)18-11-17-12-21(30-2)8-10-23(17)31-14-18/h3-10,12-13,18H,11,14-15H2,1-2H3,(H,27,28). The summed E-state index contributed by atoms with van der Waals surface area (Å²) in [6.45, 7) is 0.357. The molecule has 32 heavy (non-hydrogen) atoms. The molecule has 1 aliphatic rings. The highest BCUT2D eigenvalue weighted by Gasteiger charge is 2.27. The van der Waals surface area contributed by atoms with Gasteiger partial charge in [-0.15, -0.1) is 11.8 Å². The molecule has 1 unspecified atom stereocenters. The van der Waals surface area contributed by atoms with E-state index in [1.165, 1.54) is 5.56 Å². The molecular formula is C25H24BrNO4S. The van der Waals surface area contributed by atoms with Crippen molar-refractivity contribution in [2.24, 2.45) is 5.92 Å². The monoisotopic (exact) mass is 513 g/mol. The van der Waals surface area contributed by atoms with Crippen LogP contribution in [0.1, 0.15) is 11.1 Å². The van der Waals surface area contributed by atoms with Gasteiger partial charge in [-0.05, 0) is 66.1 Å². The van der Waals surface area contributed by atoms with Gasteiger partial charge in [0.05, 0.1) is 25.8 Å². The number of hydrogen-bond acceptors (Lipinski definition) is 5. The number of amides is 1. The minimum absolute atomic E-state index is 0.0490. The number of halogens is 1. The summed E-state index contributed by atoms with van der Waals surface area (Å²) in [4.78, 5) is 14.1. The topological polar surface area (TPSA) is 56.8 Å². The number of fused-ring (bicyclic) bond motifs is 1. The highest BCUT2D eigenvalue weighted by atomic mass is 79.9. The zero-order chi connectivity index (χ0) is 22.5. The van der Waals surface area contributed by atoms with E-state index >= 15 is 0 Å². The van der Waals surface area contributed by atoms with E-state index in [1.54, 1.807) is 26.0 Å². The fourth-order valence-corrected chi connectivity index (χ4v) is 5.01. The Morgan fingerprint density at radius 1 is 1.06 bits per heavy atom. The van der Waals surface area contributed by atoms with Gasteiger partial charge in [0.25, 0.3) is 0 Å². The molecule has 4 rings (SSSR count). The molecule has 0 spiro atoms. The largest absolute Gasteiger partial charge is 0.497 e. The first-order valence-corrected chi connectivity index (χ1v) is 12.0. The second-order valence-electron chi connectivity index (χ2n) is 7.45. The number of hydrogen-bond donors (Lipinski definition) is 1. The van der Waals surface area contributed by atoms with Crippen molar-refractivity contribution in [3.63, 3.8) is 0 Å². The summed E-state index contributed by atoms with van der Waals surface area (Å²) in [6, 6.07) is 19.6. The van der Waals surface area contributed by atoms with Gasteiger partial charge in [0.2, 0.25) is 5.91 Å². The number of thioether (sulfide) groups is 1. The number of anilines is 1. The van der Waals surface area contributed by atoms with Crippen LogP contribution in [0.5, 0.6) is 17.2 Å². The van der Waals surface area contributed by atoms with Crippen LogP contribution in [0.2, 0.25) is 0 Å². The van der Waals surface area contributed by atoms with Crippen LogP contribution in [0.3, 0.4) is 0 Å². The SMILES string of the molecule is COc1ccc(CSc2cc(Br)ccc2NC(=O)C2COc3ccc(OC)cc3C2)cc1. The molecule has 3 aromatic rings. The molecule has 1 atom stereocenters. The zero-order valence-corrected chi connectivity index (χ0v) is 20.3. The third-order valence-electron chi connectivity index (χ3n) is 5.30. The summed E-state index contributed by atoms with van der Waals surface area (Å²) >= 11 is 5.22. The van der Waals surface area contributed by atoms with Gasteiger partial charge in [-0.3, -0.25) is 4.79 Å². The van der Waals surface area contributed by atoms with Crippen molar-refractivity contribution in [2.75, 3.05) is 26.1 Å². The van der Waals surface area contributed by atoms with E-state index in [0.717, 1.165) is 43.6 Å². The van der Waals surface area contributed by atoms with Crippen molar-refractivity contribution in [3.8, 4) is 17.2 Å². The number of nitrogens with one attached hydrogen (secondary N) is 1. The first-order chi connectivity index (χ1) is 15.6. The van der Waals surface area contributed by atoms with Crippen molar-refractivity contribution >= 4 is 39.3 Å². The molecule has 3 aromatic carbocycles. The van der Waals surface area contributed by atoms with E-state index in [4.69, 9.17) is 14.2 Å². The second-order valence-corrected chi connectivity index (χ2v) is 9.39. The van der Waals surface area contributed by atoms with E-state index in [1.807, 2.05) is 60.7 Å². The fraction of sp³-hybridized carbons (Fsp3) is 0.240. The van der Waals surface area contributed by atoms with Crippen molar-refractivity contribution in [1.82, 2.24) is 0 Å². The molecule has 0 aliphatic carbocycles. The van der Waals surface area contributed by atoms with Gasteiger partial charge in [-0.1, -0.05) is 28.1 Å². The van der Waals surface area contributed by atoms with Crippen LogP contribution in [0, 0.1) is 5.92 Å². The molecule has 166 valence electrons. The lowest BCUT2D eigenvalue weighted by Gasteiger charge is -2.25. The predicted molar refractivity (Wildman–Crippen MR) is 131 cm³/mol.